The second-order valence-corrected chi connectivity index (χ2v) is 1.73. The predicted octanol–water partition coefficient (Wildman–Crippen LogP) is 0.760. The lowest BCUT2D eigenvalue weighted by molar-refractivity contribution is -0.128. The van der Waals surface area contributed by atoms with Crippen LogP contribution in [0.25, 0.3) is 0 Å². The van der Waals surface area contributed by atoms with Gasteiger partial charge >= 0.3 is 0 Å². The van der Waals surface area contributed by atoms with E-state index in [-0.39, 0.29) is 6.61 Å². The molecule has 0 atom stereocenters. The first-order chi connectivity index (χ1) is 4.41. The van der Waals surface area contributed by atoms with Gasteiger partial charge < -0.3 is 4.74 Å². The topological polar surface area (TPSA) is 46.2 Å². The van der Waals surface area contributed by atoms with E-state index in [0.717, 1.165) is 12.8 Å². The summed E-state index contributed by atoms with van der Waals surface area (Å²) in [6.45, 7) is 0.849. The lowest BCUT2D eigenvalue weighted by atomic mass is 10.2. The van der Waals surface area contributed by atoms with E-state index in [1.807, 2.05) is 0 Å². The van der Waals surface area contributed by atoms with Crippen molar-refractivity contribution in [3.8, 4) is 0 Å². The van der Waals surface area contributed by atoms with Gasteiger partial charge in [0, 0.05) is 0 Å². The zero-order valence-corrected chi connectivity index (χ0v) is 5.34. The Morgan fingerprint density at radius 1 is 1.22 bits per heavy atom. The van der Waals surface area contributed by atoms with Crippen LogP contribution in [-0.4, -0.2) is 19.7 Å². The maximum Gasteiger partial charge on any atom is 0.293 e. The lowest BCUT2D eigenvalue weighted by Crippen LogP contribution is -1.91. The SMILES string of the molecule is [O]CCCCCOC=O. The van der Waals surface area contributed by atoms with Crippen molar-refractivity contribution in [3.05, 3.63) is 0 Å². The first-order valence-corrected chi connectivity index (χ1v) is 3.05. The minimum Gasteiger partial charge on any atom is -0.468 e. The Morgan fingerprint density at radius 2 is 2.00 bits per heavy atom. The summed E-state index contributed by atoms with van der Waals surface area (Å²) in [6, 6.07) is 0. The highest BCUT2D eigenvalue weighted by molar-refractivity contribution is 5.36. The molecule has 1 radical (unpaired) electrons. The molecule has 0 aromatic heterocycles. The summed E-state index contributed by atoms with van der Waals surface area (Å²) in [6.07, 6.45) is 2.35. The van der Waals surface area contributed by atoms with Crippen molar-refractivity contribution in [1.82, 2.24) is 0 Å². The molecule has 3 heteroatoms. The molecule has 0 aliphatic carbocycles. The number of hydrogen-bond acceptors (Lipinski definition) is 2. The van der Waals surface area contributed by atoms with Crippen LogP contribution in [0.4, 0.5) is 0 Å². The standard InChI is InChI=1S/C6H11O3/c7-4-2-1-3-5-9-6-8/h6H,1-5H2. The van der Waals surface area contributed by atoms with Gasteiger partial charge in [-0.3, -0.25) is 4.79 Å². The molecule has 0 N–H and O–H groups in total. The van der Waals surface area contributed by atoms with Gasteiger partial charge in [0.1, 0.15) is 0 Å². The Bertz CT molecular complexity index is 63.3. The molecule has 0 heterocycles. The summed E-state index contributed by atoms with van der Waals surface area (Å²) < 4.78 is 4.40. The third-order valence-corrected chi connectivity index (χ3v) is 0.975. The van der Waals surface area contributed by atoms with E-state index in [9.17, 15) is 9.90 Å². The average Bonchev–Trinajstić information content (AvgIpc) is 1.89. The van der Waals surface area contributed by atoms with E-state index in [1.165, 1.54) is 0 Å². The van der Waals surface area contributed by atoms with Crippen molar-refractivity contribution in [2.45, 2.75) is 19.3 Å². The molecule has 0 spiro atoms. The van der Waals surface area contributed by atoms with E-state index in [0.29, 0.717) is 19.5 Å². The minimum atomic E-state index is -0.0267. The van der Waals surface area contributed by atoms with Gasteiger partial charge in [-0.15, -0.1) is 0 Å². The number of unbranched alkanes of at least 4 members (excludes halogenated alkanes) is 2. The van der Waals surface area contributed by atoms with Crippen LogP contribution in [0.2, 0.25) is 0 Å². The highest BCUT2D eigenvalue weighted by Crippen LogP contribution is 1.93. The highest BCUT2D eigenvalue weighted by atomic mass is 16.5. The quantitative estimate of drug-likeness (QED) is 0.394. The minimum absolute atomic E-state index is 0.0267. The van der Waals surface area contributed by atoms with Crippen LogP contribution >= 0.6 is 0 Å². The molecule has 0 aliphatic rings. The lowest BCUT2D eigenvalue weighted by Gasteiger charge is -1.94. The van der Waals surface area contributed by atoms with Crippen LogP contribution in [0.1, 0.15) is 19.3 Å². The molecule has 0 rings (SSSR count). The molecule has 0 amide bonds. The van der Waals surface area contributed by atoms with Crippen molar-refractivity contribution in [2.24, 2.45) is 0 Å². The normalized spacial score (nSPS) is 9.00. The molecule has 0 fully saturated rings. The zero-order valence-electron chi connectivity index (χ0n) is 5.34. The second-order valence-electron chi connectivity index (χ2n) is 1.73. The van der Waals surface area contributed by atoms with Crippen LogP contribution in [0.15, 0.2) is 0 Å². The summed E-state index contributed by atoms with van der Waals surface area (Å²) in [4.78, 5) is 9.55. The smallest absolute Gasteiger partial charge is 0.293 e. The molecule has 0 aliphatic heterocycles. The number of hydrogen-bond donors (Lipinski definition) is 0. The maximum atomic E-state index is 9.85. The Morgan fingerprint density at radius 3 is 2.56 bits per heavy atom. The Labute approximate surface area is 54.6 Å². The Balaban J connectivity index is 2.66. The van der Waals surface area contributed by atoms with Crippen LogP contribution in [0, 0.1) is 0 Å². The van der Waals surface area contributed by atoms with Crippen molar-refractivity contribution in [3.63, 3.8) is 0 Å². The third kappa shape index (κ3) is 7.43. The average molecular weight is 131 g/mol. The van der Waals surface area contributed by atoms with E-state index >= 15 is 0 Å². The summed E-state index contributed by atoms with van der Waals surface area (Å²) in [5, 5.41) is 9.85. The van der Waals surface area contributed by atoms with Crippen molar-refractivity contribution < 1.29 is 14.6 Å². The zero-order chi connectivity index (χ0) is 6.95. The number of ether oxygens (including phenoxy) is 1. The molecular formula is C6H11O3. The van der Waals surface area contributed by atoms with Crippen LogP contribution in [0.5, 0.6) is 0 Å². The van der Waals surface area contributed by atoms with Crippen molar-refractivity contribution in [2.75, 3.05) is 13.2 Å². The Hall–Kier alpha value is -0.570. The van der Waals surface area contributed by atoms with Gasteiger partial charge in [-0.25, -0.2) is 5.11 Å². The first kappa shape index (κ1) is 8.43. The summed E-state index contributed by atoms with van der Waals surface area (Å²) >= 11 is 0. The molecule has 0 saturated carbocycles. The molecule has 53 valence electrons. The predicted molar refractivity (Wildman–Crippen MR) is 31.4 cm³/mol. The Kier molecular flexibility index (Phi) is 6.96. The van der Waals surface area contributed by atoms with Gasteiger partial charge in [0.25, 0.3) is 6.47 Å². The molecule has 0 unspecified atom stereocenters. The largest absolute Gasteiger partial charge is 0.468 e. The van der Waals surface area contributed by atoms with Crippen LogP contribution in [-0.2, 0) is 14.6 Å². The van der Waals surface area contributed by atoms with E-state index in [2.05, 4.69) is 4.74 Å². The molecule has 3 nitrogen and oxygen atoms in total. The van der Waals surface area contributed by atoms with Crippen LogP contribution < -0.4 is 0 Å². The summed E-state index contributed by atoms with van der Waals surface area (Å²) in [5.74, 6) is 0. The molecule has 0 aromatic carbocycles. The second kappa shape index (κ2) is 7.43. The first-order valence-electron chi connectivity index (χ1n) is 3.05. The van der Waals surface area contributed by atoms with Crippen molar-refractivity contribution in [1.29, 1.82) is 0 Å². The molecule has 9 heavy (non-hydrogen) atoms. The number of rotatable bonds is 6. The molecule has 0 aromatic rings. The van der Waals surface area contributed by atoms with Gasteiger partial charge in [-0.05, 0) is 19.3 Å². The third-order valence-electron chi connectivity index (χ3n) is 0.975. The fraction of sp³-hybridized carbons (Fsp3) is 0.833. The van der Waals surface area contributed by atoms with Gasteiger partial charge in [0.05, 0.1) is 13.2 Å². The summed E-state index contributed by atoms with van der Waals surface area (Å²) in [7, 11) is 0. The van der Waals surface area contributed by atoms with E-state index < -0.39 is 0 Å². The van der Waals surface area contributed by atoms with Gasteiger partial charge in [-0.1, -0.05) is 0 Å². The maximum absolute atomic E-state index is 9.85. The van der Waals surface area contributed by atoms with E-state index in [4.69, 9.17) is 0 Å². The molecular weight excluding hydrogens is 120 g/mol. The van der Waals surface area contributed by atoms with Gasteiger partial charge in [-0.2, -0.15) is 0 Å². The fourth-order valence-corrected chi connectivity index (χ4v) is 0.512. The number of carbonyl (C=O) groups is 1. The highest BCUT2D eigenvalue weighted by Gasteiger charge is 1.86. The number of carbonyl (C=O) groups excluding carboxylic acids is 1. The van der Waals surface area contributed by atoms with Crippen LogP contribution in [0.3, 0.4) is 0 Å². The monoisotopic (exact) mass is 131 g/mol. The van der Waals surface area contributed by atoms with E-state index in [1.54, 1.807) is 0 Å². The fourth-order valence-electron chi connectivity index (χ4n) is 0.512. The molecule has 0 bridgehead atoms. The van der Waals surface area contributed by atoms with Gasteiger partial charge in [0.15, 0.2) is 0 Å². The van der Waals surface area contributed by atoms with Gasteiger partial charge in [0.2, 0.25) is 0 Å². The van der Waals surface area contributed by atoms with Crippen molar-refractivity contribution >= 4 is 6.47 Å². The molecule has 0 saturated heterocycles. The summed E-state index contributed by atoms with van der Waals surface area (Å²) in [5.41, 5.74) is 0.